The molecule has 148 valence electrons. The van der Waals surface area contributed by atoms with Gasteiger partial charge < -0.3 is 4.57 Å². The summed E-state index contributed by atoms with van der Waals surface area (Å²) in [5, 5.41) is 0.721. The number of fused-ring (bicyclic) bond motifs is 2. The first kappa shape index (κ1) is 19.4. The lowest BCUT2D eigenvalue weighted by molar-refractivity contribution is 0.659. The molecular formula is C23H22ClN3O2. The maximum Gasteiger partial charge on any atom is 0.278 e. The van der Waals surface area contributed by atoms with Crippen LogP contribution in [0.5, 0.6) is 0 Å². The molecule has 0 radical (unpaired) electrons. The Morgan fingerprint density at radius 3 is 2.69 bits per heavy atom. The van der Waals surface area contributed by atoms with E-state index in [-0.39, 0.29) is 0 Å². The molecule has 0 saturated carbocycles. The number of H-pyrrole nitrogens is 1. The minimum atomic E-state index is -0.451. The van der Waals surface area contributed by atoms with Gasteiger partial charge in [-0.3, -0.25) is 14.6 Å². The summed E-state index contributed by atoms with van der Waals surface area (Å²) in [4.78, 5) is 31.3. The first-order valence-corrected chi connectivity index (χ1v) is 10.1. The molecule has 0 fully saturated rings. The smallest absolute Gasteiger partial charge is 0.278 e. The quantitative estimate of drug-likeness (QED) is 0.491. The molecule has 2 aromatic rings. The zero-order chi connectivity index (χ0) is 20.5. The highest BCUT2D eigenvalue weighted by Gasteiger charge is 2.17. The number of benzene rings is 2. The number of nitrogens with zero attached hydrogens (tertiary/aromatic N) is 2. The summed E-state index contributed by atoms with van der Waals surface area (Å²) in [7, 11) is 0. The summed E-state index contributed by atoms with van der Waals surface area (Å²) < 4.78 is 2.03. The standard InChI is InChI=1S/C23H22ClN3O2/c1-14(2)16-8-9-19-18(12-16)25-22-20(13-21(28)26-23(22)29)27(19)10-4-6-15-5-3-7-17(24)11-15/h3,5,7-9,11-14H,4,6,10H2,1-2H3,(H,26,28,29). The molecule has 5 nitrogen and oxygen atoms in total. The average molecular weight is 408 g/mol. The van der Waals surface area contributed by atoms with E-state index in [2.05, 4.69) is 35.9 Å². The highest BCUT2D eigenvalue weighted by atomic mass is 35.5. The predicted molar refractivity (Wildman–Crippen MR) is 117 cm³/mol. The highest BCUT2D eigenvalue weighted by molar-refractivity contribution is 6.30. The number of nitrogens with one attached hydrogen (secondary N) is 1. The molecule has 0 atom stereocenters. The van der Waals surface area contributed by atoms with E-state index in [0.717, 1.165) is 40.0 Å². The van der Waals surface area contributed by atoms with Crippen molar-refractivity contribution >= 4 is 22.6 Å². The number of aromatic amines is 1. The molecule has 2 aliphatic rings. The minimum Gasteiger partial charge on any atom is -0.338 e. The van der Waals surface area contributed by atoms with Crippen LogP contribution in [-0.4, -0.2) is 14.5 Å². The van der Waals surface area contributed by atoms with Crippen LogP contribution in [0.15, 0.2) is 58.1 Å². The zero-order valence-electron chi connectivity index (χ0n) is 16.4. The summed E-state index contributed by atoms with van der Waals surface area (Å²) in [6.45, 7) is 4.90. The van der Waals surface area contributed by atoms with Gasteiger partial charge in [0, 0.05) is 17.6 Å². The molecule has 0 aliphatic carbocycles. The van der Waals surface area contributed by atoms with Crippen molar-refractivity contribution in [2.45, 2.75) is 39.2 Å². The molecule has 6 heteroatoms. The van der Waals surface area contributed by atoms with E-state index in [1.54, 1.807) is 0 Å². The Balaban J connectivity index is 1.80. The second-order valence-electron chi connectivity index (χ2n) is 7.60. The van der Waals surface area contributed by atoms with E-state index in [1.807, 2.05) is 34.9 Å². The largest absolute Gasteiger partial charge is 0.338 e. The van der Waals surface area contributed by atoms with E-state index >= 15 is 0 Å². The highest BCUT2D eigenvalue weighted by Crippen LogP contribution is 2.26. The predicted octanol–water partition coefficient (Wildman–Crippen LogP) is 4.60. The topological polar surface area (TPSA) is 67.8 Å². The molecule has 2 heterocycles. The molecule has 4 rings (SSSR count). The number of pyridine rings is 1. The Morgan fingerprint density at radius 1 is 1.10 bits per heavy atom. The van der Waals surface area contributed by atoms with Crippen molar-refractivity contribution in [3.63, 3.8) is 0 Å². The van der Waals surface area contributed by atoms with Gasteiger partial charge in [0.15, 0.2) is 5.69 Å². The van der Waals surface area contributed by atoms with Crippen LogP contribution in [-0.2, 0) is 13.0 Å². The van der Waals surface area contributed by atoms with E-state index in [0.29, 0.717) is 23.9 Å². The molecular weight excluding hydrogens is 386 g/mol. The number of aromatic nitrogens is 3. The van der Waals surface area contributed by atoms with Crippen molar-refractivity contribution in [1.29, 1.82) is 0 Å². The summed E-state index contributed by atoms with van der Waals surface area (Å²) in [5.74, 6) is 0.357. The van der Waals surface area contributed by atoms with Crippen molar-refractivity contribution < 1.29 is 0 Å². The summed E-state index contributed by atoms with van der Waals surface area (Å²) in [5.41, 5.74) is 3.99. The SMILES string of the molecule is CC(C)c1ccc2c(c1)nc1c(=O)[nH]c(=O)cc-1n2CCCc1cccc(Cl)c1. The Hall–Kier alpha value is -2.92. The minimum absolute atomic E-state index is 0.292. The van der Waals surface area contributed by atoms with Crippen molar-refractivity contribution in [2.24, 2.45) is 0 Å². The van der Waals surface area contributed by atoms with Crippen molar-refractivity contribution in [1.82, 2.24) is 14.5 Å². The van der Waals surface area contributed by atoms with Crippen molar-refractivity contribution in [2.75, 3.05) is 0 Å². The fourth-order valence-corrected chi connectivity index (χ4v) is 3.88. The van der Waals surface area contributed by atoms with Crippen LogP contribution in [0.2, 0.25) is 5.02 Å². The first-order chi connectivity index (χ1) is 13.9. The Bertz CT molecular complexity index is 1270. The average Bonchev–Trinajstić information content (AvgIpc) is 2.67. The second kappa shape index (κ2) is 7.84. The third-order valence-electron chi connectivity index (χ3n) is 5.18. The van der Waals surface area contributed by atoms with Crippen LogP contribution >= 0.6 is 11.6 Å². The van der Waals surface area contributed by atoms with Gasteiger partial charge in [-0.1, -0.05) is 43.6 Å². The van der Waals surface area contributed by atoms with Crippen LogP contribution in [0.25, 0.3) is 22.4 Å². The van der Waals surface area contributed by atoms with Crippen LogP contribution in [0, 0.1) is 0 Å². The molecule has 0 aromatic heterocycles. The van der Waals surface area contributed by atoms with Gasteiger partial charge >= 0.3 is 0 Å². The summed E-state index contributed by atoms with van der Waals surface area (Å²) >= 11 is 6.09. The lowest BCUT2D eigenvalue weighted by Crippen LogP contribution is -2.25. The summed E-state index contributed by atoms with van der Waals surface area (Å²) in [6.07, 6.45) is 1.68. The maximum absolute atomic E-state index is 12.4. The van der Waals surface area contributed by atoms with Gasteiger partial charge in [-0.05, 0) is 54.2 Å². The third kappa shape index (κ3) is 3.96. The monoisotopic (exact) mass is 407 g/mol. The molecule has 0 saturated heterocycles. The summed E-state index contributed by atoms with van der Waals surface area (Å²) in [6, 6.07) is 15.4. The lowest BCUT2D eigenvalue weighted by Gasteiger charge is -2.19. The van der Waals surface area contributed by atoms with Crippen molar-refractivity contribution in [3.8, 4) is 11.4 Å². The third-order valence-corrected chi connectivity index (χ3v) is 5.41. The fraction of sp³-hybridized carbons (Fsp3) is 0.261. The molecule has 1 N–H and O–H groups in total. The number of aryl methyl sites for hydroxylation is 2. The van der Waals surface area contributed by atoms with Crippen molar-refractivity contribution in [3.05, 3.63) is 85.4 Å². The molecule has 0 spiro atoms. The van der Waals surface area contributed by atoms with Gasteiger partial charge in [0.2, 0.25) is 0 Å². The van der Waals surface area contributed by atoms with E-state index in [9.17, 15) is 9.59 Å². The van der Waals surface area contributed by atoms with E-state index < -0.39 is 11.1 Å². The van der Waals surface area contributed by atoms with E-state index in [1.165, 1.54) is 6.07 Å². The van der Waals surface area contributed by atoms with E-state index in [4.69, 9.17) is 11.6 Å². The van der Waals surface area contributed by atoms with Gasteiger partial charge in [-0.2, -0.15) is 0 Å². The molecule has 0 unspecified atom stereocenters. The second-order valence-corrected chi connectivity index (χ2v) is 8.03. The van der Waals surface area contributed by atoms with Gasteiger partial charge in [-0.15, -0.1) is 0 Å². The Morgan fingerprint density at radius 2 is 1.93 bits per heavy atom. The molecule has 0 bridgehead atoms. The van der Waals surface area contributed by atoms with Crippen LogP contribution in [0.1, 0.15) is 37.3 Å². The Kier molecular flexibility index (Phi) is 5.24. The van der Waals surface area contributed by atoms with Crippen LogP contribution < -0.4 is 11.1 Å². The van der Waals surface area contributed by atoms with Crippen LogP contribution in [0.4, 0.5) is 0 Å². The number of rotatable bonds is 5. The van der Waals surface area contributed by atoms with Gasteiger partial charge in [-0.25, -0.2) is 4.98 Å². The maximum atomic E-state index is 12.4. The van der Waals surface area contributed by atoms with Gasteiger partial charge in [0.05, 0.1) is 16.7 Å². The number of halogens is 1. The normalized spacial score (nSPS) is 11.6. The lowest BCUT2D eigenvalue weighted by atomic mass is 10.0. The number of hydrogen-bond acceptors (Lipinski definition) is 3. The molecule has 2 aromatic carbocycles. The first-order valence-electron chi connectivity index (χ1n) is 9.74. The Labute approximate surface area is 173 Å². The number of hydrogen-bond donors (Lipinski definition) is 1. The fourth-order valence-electron chi connectivity index (χ4n) is 3.67. The molecule has 0 amide bonds. The zero-order valence-corrected chi connectivity index (χ0v) is 17.2. The van der Waals surface area contributed by atoms with Gasteiger partial charge in [0.1, 0.15) is 0 Å². The molecule has 2 aliphatic heterocycles. The van der Waals surface area contributed by atoms with Crippen LogP contribution in [0.3, 0.4) is 0 Å². The molecule has 29 heavy (non-hydrogen) atoms. The van der Waals surface area contributed by atoms with Gasteiger partial charge in [0.25, 0.3) is 11.1 Å².